The number of carbonyl (C=O) groups excluding carboxylic acids is 1. The molecule has 0 radical (unpaired) electrons. The van der Waals surface area contributed by atoms with E-state index in [2.05, 4.69) is 26.8 Å². The van der Waals surface area contributed by atoms with Gasteiger partial charge in [0.15, 0.2) is 11.5 Å². The second-order valence-electron chi connectivity index (χ2n) is 8.97. The summed E-state index contributed by atoms with van der Waals surface area (Å²) in [5.41, 5.74) is 1.28. The van der Waals surface area contributed by atoms with Crippen LogP contribution < -0.4 is 9.47 Å². The van der Waals surface area contributed by atoms with Gasteiger partial charge < -0.3 is 19.1 Å². The molecule has 1 atom stereocenters. The van der Waals surface area contributed by atoms with Crippen LogP contribution in [0.1, 0.15) is 31.2 Å². The number of piperidine rings is 1. The van der Waals surface area contributed by atoms with Crippen molar-refractivity contribution in [2.24, 2.45) is 5.92 Å². The lowest BCUT2D eigenvalue weighted by Crippen LogP contribution is -2.56. The SMILES string of the molecule is O=C(C1CCOCC1)N1CCCC(N2CCN(Cc3ccc4c(c3)OCO4)CC2)C1. The third kappa shape index (κ3) is 4.43. The number of hydrogen-bond acceptors (Lipinski definition) is 6. The third-order valence-corrected chi connectivity index (χ3v) is 7.05. The van der Waals surface area contributed by atoms with E-state index < -0.39 is 0 Å². The van der Waals surface area contributed by atoms with Crippen molar-refractivity contribution in [2.45, 2.75) is 38.3 Å². The first-order valence-electron chi connectivity index (χ1n) is 11.5. The highest BCUT2D eigenvalue weighted by atomic mass is 16.7. The molecule has 0 bridgehead atoms. The Morgan fingerprint density at radius 3 is 2.60 bits per heavy atom. The number of rotatable bonds is 4. The fourth-order valence-corrected chi connectivity index (χ4v) is 5.24. The van der Waals surface area contributed by atoms with Crippen molar-refractivity contribution in [3.63, 3.8) is 0 Å². The number of likely N-dealkylation sites (tertiary alicyclic amines) is 1. The molecule has 0 aliphatic carbocycles. The number of amides is 1. The lowest BCUT2D eigenvalue weighted by atomic mass is 9.96. The molecule has 7 heteroatoms. The molecule has 0 spiro atoms. The van der Waals surface area contributed by atoms with E-state index in [1.807, 2.05) is 6.07 Å². The number of nitrogens with zero attached hydrogens (tertiary/aromatic N) is 3. The summed E-state index contributed by atoms with van der Waals surface area (Å²) in [6.07, 6.45) is 4.10. The maximum atomic E-state index is 12.9. The van der Waals surface area contributed by atoms with Gasteiger partial charge in [-0.25, -0.2) is 0 Å². The van der Waals surface area contributed by atoms with Gasteiger partial charge in [-0.1, -0.05) is 6.07 Å². The minimum Gasteiger partial charge on any atom is -0.454 e. The summed E-state index contributed by atoms with van der Waals surface area (Å²) in [6, 6.07) is 6.77. The molecular formula is C23H33N3O4. The number of ether oxygens (including phenoxy) is 3. The minimum atomic E-state index is 0.177. The molecule has 7 nitrogen and oxygen atoms in total. The van der Waals surface area contributed by atoms with Gasteiger partial charge in [0.1, 0.15) is 0 Å². The van der Waals surface area contributed by atoms with Crippen molar-refractivity contribution < 1.29 is 19.0 Å². The first-order valence-corrected chi connectivity index (χ1v) is 11.5. The summed E-state index contributed by atoms with van der Waals surface area (Å²) >= 11 is 0. The van der Waals surface area contributed by atoms with Gasteiger partial charge in [0, 0.05) is 71.0 Å². The fraction of sp³-hybridized carbons (Fsp3) is 0.696. The summed E-state index contributed by atoms with van der Waals surface area (Å²) in [5, 5.41) is 0. The molecule has 0 saturated carbocycles. The molecule has 164 valence electrons. The van der Waals surface area contributed by atoms with E-state index in [-0.39, 0.29) is 5.92 Å². The standard InChI is InChI=1S/C23H33N3O4/c27-23(19-5-12-28-13-6-19)26-7-1-2-20(16-26)25-10-8-24(9-11-25)15-18-3-4-21-22(14-18)30-17-29-21/h3-4,14,19-20H,1-2,5-13,15-17H2. The van der Waals surface area contributed by atoms with Gasteiger partial charge in [-0.3, -0.25) is 14.6 Å². The van der Waals surface area contributed by atoms with Crippen molar-refractivity contribution in [3.05, 3.63) is 23.8 Å². The van der Waals surface area contributed by atoms with Crippen molar-refractivity contribution in [3.8, 4) is 11.5 Å². The van der Waals surface area contributed by atoms with E-state index in [1.54, 1.807) is 0 Å². The van der Waals surface area contributed by atoms with Gasteiger partial charge in [0.05, 0.1) is 0 Å². The highest BCUT2D eigenvalue weighted by molar-refractivity contribution is 5.79. The van der Waals surface area contributed by atoms with Crippen LogP contribution in [-0.2, 0) is 16.1 Å². The summed E-state index contributed by atoms with van der Waals surface area (Å²) in [5.74, 6) is 2.25. The highest BCUT2D eigenvalue weighted by Gasteiger charge is 2.33. The summed E-state index contributed by atoms with van der Waals surface area (Å²) < 4.78 is 16.4. The Morgan fingerprint density at radius 2 is 1.77 bits per heavy atom. The largest absolute Gasteiger partial charge is 0.454 e. The van der Waals surface area contributed by atoms with Crippen LogP contribution in [0.4, 0.5) is 0 Å². The lowest BCUT2D eigenvalue weighted by Gasteiger charge is -2.44. The number of benzene rings is 1. The van der Waals surface area contributed by atoms with E-state index in [9.17, 15) is 4.79 Å². The van der Waals surface area contributed by atoms with E-state index in [4.69, 9.17) is 14.2 Å². The minimum absolute atomic E-state index is 0.177. The summed E-state index contributed by atoms with van der Waals surface area (Å²) in [6.45, 7) is 8.87. The first-order chi connectivity index (χ1) is 14.8. The Kier molecular flexibility index (Phi) is 6.11. The summed E-state index contributed by atoms with van der Waals surface area (Å²) in [7, 11) is 0. The Balaban J connectivity index is 1.11. The van der Waals surface area contributed by atoms with Gasteiger partial charge in [-0.15, -0.1) is 0 Å². The Bertz CT molecular complexity index is 744. The quantitative estimate of drug-likeness (QED) is 0.749. The number of carbonyl (C=O) groups is 1. The average Bonchev–Trinajstić information content (AvgIpc) is 3.28. The van der Waals surface area contributed by atoms with E-state index in [0.717, 1.165) is 89.8 Å². The number of fused-ring (bicyclic) bond motifs is 1. The van der Waals surface area contributed by atoms with Crippen LogP contribution in [0.3, 0.4) is 0 Å². The molecule has 3 fully saturated rings. The molecule has 1 unspecified atom stereocenters. The van der Waals surface area contributed by atoms with Crippen molar-refractivity contribution in [1.82, 2.24) is 14.7 Å². The van der Waals surface area contributed by atoms with Crippen LogP contribution in [0, 0.1) is 5.92 Å². The van der Waals surface area contributed by atoms with Crippen LogP contribution in [0.5, 0.6) is 11.5 Å². The van der Waals surface area contributed by atoms with Crippen LogP contribution in [-0.4, -0.2) is 85.9 Å². The molecule has 0 N–H and O–H groups in total. The molecule has 3 saturated heterocycles. The highest BCUT2D eigenvalue weighted by Crippen LogP contribution is 2.33. The van der Waals surface area contributed by atoms with Gasteiger partial charge in [0.25, 0.3) is 0 Å². The molecule has 0 aromatic heterocycles. The van der Waals surface area contributed by atoms with Crippen LogP contribution in [0.15, 0.2) is 18.2 Å². The Labute approximate surface area is 178 Å². The van der Waals surface area contributed by atoms with E-state index >= 15 is 0 Å². The molecule has 4 aliphatic heterocycles. The summed E-state index contributed by atoms with van der Waals surface area (Å²) in [4.78, 5) is 20.2. The van der Waals surface area contributed by atoms with Crippen molar-refractivity contribution >= 4 is 5.91 Å². The predicted octanol–water partition coefficient (Wildman–Crippen LogP) is 1.95. The predicted molar refractivity (Wildman–Crippen MR) is 113 cm³/mol. The number of hydrogen-bond donors (Lipinski definition) is 0. The maximum absolute atomic E-state index is 12.9. The van der Waals surface area contributed by atoms with Crippen LogP contribution in [0.2, 0.25) is 0 Å². The zero-order chi connectivity index (χ0) is 20.3. The first kappa shape index (κ1) is 20.1. The molecule has 4 heterocycles. The zero-order valence-electron chi connectivity index (χ0n) is 17.8. The smallest absolute Gasteiger partial charge is 0.231 e. The number of piperazine rings is 1. The molecule has 1 aromatic rings. The van der Waals surface area contributed by atoms with E-state index in [0.29, 0.717) is 18.7 Å². The maximum Gasteiger partial charge on any atom is 0.231 e. The molecular weight excluding hydrogens is 382 g/mol. The second-order valence-corrected chi connectivity index (χ2v) is 8.97. The Hall–Kier alpha value is -1.83. The molecule has 1 aromatic carbocycles. The van der Waals surface area contributed by atoms with Gasteiger partial charge in [-0.05, 0) is 43.4 Å². The van der Waals surface area contributed by atoms with Crippen molar-refractivity contribution in [2.75, 3.05) is 59.3 Å². The van der Waals surface area contributed by atoms with Gasteiger partial charge in [0.2, 0.25) is 12.7 Å². The molecule has 5 rings (SSSR count). The molecule has 30 heavy (non-hydrogen) atoms. The van der Waals surface area contributed by atoms with Crippen molar-refractivity contribution in [1.29, 1.82) is 0 Å². The molecule has 1 amide bonds. The lowest BCUT2D eigenvalue weighted by molar-refractivity contribution is -0.140. The monoisotopic (exact) mass is 415 g/mol. The van der Waals surface area contributed by atoms with E-state index in [1.165, 1.54) is 12.0 Å². The average molecular weight is 416 g/mol. The fourth-order valence-electron chi connectivity index (χ4n) is 5.24. The normalized spacial score (nSPS) is 26.1. The van der Waals surface area contributed by atoms with Gasteiger partial charge in [-0.2, -0.15) is 0 Å². The van der Waals surface area contributed by atoms with Gasteiger partial charge >= 0.3 is 0 Å². The zero-order valence-corrected chi connectivity index (χ0v) is 17.8. The van der Waals surface area contributed by atoms with Crippen LogP contribution >= 0.6 is 0 Å². The molecule has 4 aliphatic rings. The van der Waals surface area contributed by atoms with Crippen LogP contribution in [0.25, 0.3) is 0 Å². The second kappa shape index (κ2) is 9.12. The third-order valence-electron chi connectivity index (χ3n) is 7.05. The Morgan fingerprint density at radius 1 is 0.967 bits per heavy atom. The topological polar surface area (TPSA) is 54.5 Å².